The molecular formula is C17H21F3N2O. The Kier molecular flexibility index (Phi) is 7.71. The zero-order valence-corrected chi connectivity index (χ0v) is 13.1. The maximum atomic E-state index is 12.3. The van der Waals surface area contributed by atoms with Gasteiger partial charge in [-0.05, 0) is 37.7 Å². The number of nitrogens with zero attached hydrogens (tertiary/aromatic N) is 1. The fourth-order valence-electron chi connectivity index (χ4n) is 1.79. The second kappa shape index (κ2) is 9.27. The van der Waals surface area contributed by atoms with Gasteiger partial charge in [0.1, 0.15) is 0 Å². The third-order valence-electron chi connectivity index (χ3n) is 3.29. The van der Waals surface area contributed by atoms with Crippen LogP contribution in [0.5, 0.6) is 0 Å². The fourth-order valence-corrected chi connectivity index (χ4v) is 1.79. The van der Waals surface area contributed by atoms with Crippen LogP contribution < -0.4 is 5.32 Å². The number of likely N-dealkylation sites (N-methyl/N-ethyl adjacent to an activating group) is 1. The monoisotopic (exact) mass is 326 g/mol. The highest BCUT2D eigenvalue weighted by atomic mass is 19.4. The average Bonchev–Trinajstić information content (AvgIpc) is 2.57. The Morgan fingerprint density at radius 3 is 2.13 bits per heavy atom. The van der Waals surface area contributed by atoms with E-state index in [1.165, 1.54) is 12.1 Å². The molecule has 0 amide bonds. The molecule has 1 aromatic carbocycles. The van der Waals surface area contributed by atoms with Crippen molar-refractivity contribution in [2.24, 2.45) is 0 Å². The molecule has 1 aromatic heterocycles. The van der Waals surface area contributed by atoms with E-state index in [0.717, 1.165) is 18.6 Å². The van der Waals surface area contributed by atoms with Gasteiger partial charge in [-0.3, -0.25) is 4.98 Å². The quantitative estimate of drug-likeness (QED) is 0.899. The number of benzene rings is 1. The predicted octanol–water partition coefficient (Wildman–Crippen LogP) is 3.74. The topological polar surface area (TPSA) is 45.1 Å². The van der Waals surface area contributed by atoms with Gasteiger partial charge in [0.25, 0.3) is 0 Å². The maximum Gasteiger partial charge on any atom is 0.416 e. The molecule has 3 nitrogen and oxygen atoms in total. The lowest BCUT2D eigenvalue weighted by atomic mass is 10.1. The SMILES string of the molecule is CC[C@@H](CO)NC.FC(F)(F)c1ccc(-c2ccccn2)cc1. The van der Waals surface area contributed by atoms with Gasteiger partial charge in [0, 0.05) is 17.8 Å². The van der Waals surface area contributed by atoms with Crippen LogP contribution >= 0.6 is 0 Å². The van der Waals surface area contributed by atoms with Gasteiger partial charge < -0.3 is 10.4 Å². The summed E-state index contributed by atoms with van der Waals surface area (Å²) >= 11 is 0. The lowest BCUT2D eigenvalue weighted by Crippen LogP contribution is -2.27. The van der Waals surface area contributed by atoms with E-state index in [1.54, 1.807) is 24.4 Å². The van der Waals surface area contributed by atoms with Crippen molar-refractivity contribution in [1.29, 1.82) is 0 Å². The molecule has 0 saturated carbocycles. The van der Waals surface area contributed by atoms with Crippen LogP contribution in [0.4, 0.5) is 13.2 Å². The van der Waals surface area contributed by atoms with E-state index in [1.807, 2.05) is 14.0 Å². The predicted molar refractivity (Wildman–Crippen MR) is 84.9 cm³/mol. The molecule has 0 aliphatic carbocycles. The van der Waals surface area contributed by atoms with Crippen molar-refractivity contribution in [2.75, 3.05) is 13.7 Å². The standard InChI is InChI=1S/C12H8F3N.C5H13NO/c13-12(14,15)10-6-4-9(5-7-10)11-3-1-2-8-16-11;1-3-5(4-7)6-2/h1-8H;5-7H,3-4H2,1-2H3/t;5-/m.0/s1. The first-order valence-corrected chi connectivity index (χ1v) is 7.29. The number of alkyl halides is 3. The van der Waals surface area contributed by atoms with E-state index < -0.39 is 11.7 Å². The first-order chi connectivity index (χ1) is 10.9. The van der Waals surface area contributed by atoms with E-state index in [9.17, 15) is 13.2 Å². The minimum atomic E-state index is -4.29. The maximum absolute atomic E-state index is 12.3. The summed E-state index contributed by atoms with van der Waals surface area (Å²) in [5.74, 6) is 0. The van der Waals surface area contributed by atoms with Crippen LogP contribution in [0.2, 0.25) is 0 Å². The van der Waals surface area contributed by atoms with Crippen LogP contribution in [-0.4, -0.2) is 29.8 Å². The number of hydrogen-bond acceptors (Lipinski definition) is 3. The molecule has 0 saturated heterocycles. The summed E-state index contributed by atoms with van der Waals surface area (Å²) in [6, 6.07) is 10.6. The highest BCUT2D eigenvalue weighted by Crippen LogP contribution is 2.30. The Labute approximate surface area is 134 Å². The first kappa shape index (κ1) is 19.1. The van der Waals surface area contributed by atoms with Crippen LogP contribution in [0.25, 0.3) is 11.3 Å². The average molecular weight is 326 g/mol. The molecule has 2 N–H and O–H groups in total. The number of nitrogens with one attached hydrogen (secondary N) is 1. The highest BCUT2D eigenvalue weighted by molar-refractivity contribution is 5.59. The molecule has 23 heavy (non-hydrogen) atoms. The Morgan fingerprint density at radius 1 is 1.13 bits per heavy atom. The number of aliphatic hydroxyl groups excluding tert-OH is 1. The van der Waals surface area contributed by atoms with Crippen molar-refractivity contribution in [1.82, 2.24) is 10.3 Å². The second-order valence-corrected chi connectivity index (χ2v) is 4.87. The number of pyridine rings is 1. The number of aliphatic hydroxyl groups is 1. The van der Waals surface area contributed by atoms with Crippen molar-refractivity contribution >= 4 is 0 Å². The van der Waals surface area contributed by atoms with E-state index in [0.29, 0.717) is 17.3 Å². The number of hydrogen-bond donors (Lipinski definition) is 2. The van der Waals surface area contributed by atoms with Crippen molar-refractivity contribution in [3.05, 3.63) is 54.2 Å². The number of rotatable bonds is 4. The largest absolute Gasteiger partial charge is 0.416 e. The van der Waals surface area contributed by atoms with E-state index >= 15 is 0 Å². The van der Waals surface area contributed by atoms with Crippen molar-refractivity contribution in [2.45, 2.75) is 25.6 Å². The van der Waals surface area contributed by atoms with Crippen molar-refractivity contribution < 1.29 is 18.3 Å². The van der Waals surface area contributed by atoms with Gasteiger partial charge in [-0.1, -0.05) is 25.1 Å². The highest BCUT2D eigenvalue weighted by Gasteiger charge is 2.29. The van der Waals surface area contributed by atoms with Crippen LogP contribution in [-0.2, 0) is 6.18 Å². The van der Waals surface area contributed by atoms with Gasteiger partial charge in [0.15, 0.2) is 0 Å². The van der Waals surface area contributed by atoms with Crippen LogP contribution in [0.3, 0.4) is 0 Å². The fraction of sp³-hybridized carbons (Fsp3) is 0.353. The Hall–Kier alpha value is -1.92. The van der Waals surface area contributed by atoms with Crippen molar-refractivity contribution in [3.63, 3.8) is 0 Å². The van der Waals surface area contributed by atoms with E-state index in [4.69, 9.17) is 5.11 Å². The lowest BCUT2D eigenvalue weighted by molar-refractivity contribution is -0.137. The van der Waals surface area contributed by atoms with Crippen LogP contribution in [0.15, 0.2) is 48.7 Å². The van der Waals surface area contributed by atoms with Crippen molar-refractivity contribution in [3.8, 4) is 11.3 Å². The third-order valence-corrected chi connectivity index (χ3v) is 3.29. The van der Waals surface area contributed by atoms with Gasteiger partial charge in [-0.2, -0.15) is 13.2 Å². The molecule has 2 aromatic rings. The Bertz CT molecular complexity index is 547. The summed E-state index contributed by atoms with van der Waals surface area (Å²) in [5.41, 5.74) is 0.692. The zero-order chi connectivity index (χ0) is 17.3. The minimum absolute atomic E-state index is 0.243. The molecule has 2 rings (SSSR count). The molecule has 1 atom stereocenters. The van der Waals surface area contributed by atoms with Gasteiger partial charge >= 0.3 is 6.18 Å². The summed E-state index contributed by atoms with van der Waals surface area (Å²) in [6.07, 6.45) is -1.69. The van der Waals surface area contributed by atoms with Crippen LogP contribution in [0.1, 0.15) is 18.9 Å². The molecule has 0 spiro atoms. The summed E-state index contributed by atoms with van der Waals surface area (Å²) < 4.78 is 36.9. The van der Waals surface area contributed by atoms with E-state index in [-0.39, 0.29) is 6.61 Å². The summed E-state index contributed by atoms with van der Waals surface area (Å²) in [6.45, 7) is 2.28. The minimum Gasteiger partial charge on any atom is -0.395 e. The molecule has 0 bridgehead atoms. The van der Waals surface area contributed by atoms with Crippen LogP contribution in [0, 0.1) is 0 Å². The smallest absolute Gasteiger partial charge is 0.395 e. The number of halogens is 3. The molecule has 126 valence electrons. The van der Waals surface area contributed by atoms with Gasteiger partial charge in [-0.15, -0.1) is 0 Å². The van der Waals surface area contributed by atoms with Gasteiger partial charge in [0.2, 0.25) is 0 Å². The molecule has 0 aliphatic heterocycles. The summed E-state index contributed by atoms with van der Waals surface area (Å²) in [5, 5.41) is 11.4. The Balaban J connectivity index is 0.000000322. The molecule has 0 unspecified atom stereocenters. The molecule has 0 radical (unpaired) electrons. The molecule has 0 fully saturated rings. The van der Waals surface area contributed by atoms with E-state index in [2.05, 4.69) is 10.3 Å². The summed E-state index contributed by atoms with van der Waals surface area (Å²) in [4.78, 5) is 4.06. The lowest BCUT2D eigenvalue weighted by Gasteiger charge is -2.07. The normalized spacial score (nSPS) is 12.3. The van der Waals surface area contributed by atoms with Gasteiger partial charge in [-0.25, -0.2) is 0 Å². The molecule has 0 aliphatic rings. The Morgan fingerprint density at radius 2 is 1.78 bits per heavy atom. The van der Waals surface area contributed by atoms with Gasteiger partial charge in [0.05, 0.1) is 17.9 Å². The number of aromatic nitrogens is 1. The third kappa shape index (κ3) is 6.38. The second-order valence-electron chi connectivity index (χ2n) is 4.87. The molecule has 6 heteroatoms. The first-order valence-electron chi connectivity index (χ1n) is 7.29. The summed E-state index contributed by atoms with van der Waals surface area (Å²) in [7, 11) is 1.85. The zero-order valence-electron chi connectivity index (χ0n) is 13.1. The molecular weight excluding hydrogens is 305 g/mol. The molecule has 1 heterocycles.